The van der Waals surface area contributed by atoms with Gasteiger partial charge < -0.3 is 19.5 Å². The zero-order chi connectivity index (χ0) is 20.8. The van der Waals surface area contributed by atoms with Crippen molar-refractivity contribution in [1.82, 2.24) is 4.90 Å². The Morgan fingerprint density at radius 1 is 1.17 bits per heavy atom. The number of allylic oxidation sites excluding steroid dienone is 1. The van der Waals surface area contributed by atoms with Crippen molar-refractivity contribution in [1.29, 1.82) is 0 Å². The van der Waals surface area contributed by atoms with E-state index in [1.54, 1.807) is 47.4 Å². The highest BCUT2D eigenvalue weighted by Gasteiger charge is 2.18. The number of amides is 1. The van der Waals surface area contributed by atoms with Crippen molar-refractivity contribution >= 4 is 33.7 Å². The molecule has 152 valence electrons. The highest BCUT2D eigenvalue weighted by atomic mass is 79.9. The van der Waals surface area contributed by atoms with E-state index in [1.807, 2.05) is 0 Å². The number of phenols is 1. The third-order valence-electron chi connectivity index (χ3n) is 4.66. The van der Waals surface area contributed by atoms with Gasteiger partial charge in [-0.15, -0.1) is 0 Å². The minimum atomic E-state index is -0.173. The number of phenolic OH excluding ortho intramolecular Hbond substituents is 1. The molecule has 1 amide bonds. The maximum absolute atomic E-state index is 12.4. The zero-order valence-electron chi connectivity index (χ0n) is 16.1. The molecule has 6 nitrogen and oxygen atoms in total. The van der Waals surface area contributed by atoms with Gasteiger partial charge in [0.05, 0.1) is 11.6 Å². The first-order valence-corrected chi connectivity index (χ1v) is 10.1. The molecule has 0 atom stereocenters. The van der Waals surface area contributed by atoms with E-state index in [4.69, 9.17) is 9.47 Å². The van der Waals surface area contributed by atoms with Crippen LogP contribution in [0.1, 0.15) is 28.8 Å². The molecule has 0 bridgehead atoms. The first-order valence-electron chi connectivity index (χ1n) is 9.27. The van der Waals surface area contributed by atoms with E-state index in [0.717, 1.165) is 25.9 Å². The number of ether oxygens (including phenoxy) is 2. The van der Waals surface area contributed by atoms with Crippen LogP contribution in [0.4, 0.5) is 0 Å². The minimum Gasteiger partial charge on any atom is -0.503 e. The summed E-state index contributed by atoms with van der Waals surface area (Å²) in [5.74, 6) is 0.686. The molecule has 0 spiro atoms. The molecular weight excluding hydrogens is 438 g/mol. The summed E-state index contributed by atoms with van der Waals surface area (Å²) in [5.41, 5.74) is 1.21. The number of carbonyl (C=O) groups excluding carboxylic acids is 2. The van der Waals surface area contributed by atoms with E-state index in [-0.39, 0.29) is 24.0 Å². The Morgan fingerprint density at radius 2 is 1.86 bits per heavy atom. The Hall–Kier alpha value is -2.80. The van der Waals surface area contributed by atoms with Gasteiger partial charge >= 0.3 is 0 Å². The average Bonchev–Trinajstić information content (AvgIpc) is 3.28. The third kappa shape index (κ3) is 5.38. The Balaban J connectivity index is 1.59. The lowest BCUT2D eigenvalue weighted by molar-refractivity contribution is -0.132. The van der Waals surface area contributed by atoms with Gasteiger partial charge in [0, 0.05) is 18.7 Å². The van der Waals surface area contributed by atoms with Crippen LogP contribution in [-0.4, -0.2) is 48.5 Å². The standard InChI is InChI=1S/C22H22BrNO5/c1-28-20-13-15(12-18(23)22(20)27)4-9-19(25)16-5-7-17(8-6-16)29-14-21(26)24-10-2-3-11-24/h4-9,12-13,27H,2-3,10-11,14H2,1H3/b9-4+. The fourth-order valence-corrected chi connectivity index (χ4v) is 3.49. The summed E-state index contributed by atoms with van der Waals surface area (Å²) in [7, 11) is 1.46. The average molecular weight is 460 g/mol. The summed E-state index contributed by atoms with van der Waals surface area (Å²) in [5, 5.41) is 9.84. The number of nitrogens with zero attached hydrogens (tertiary/aromatic N) is 1. The molecule has 2 aromatic carbocycles. The number of hydrogen-bond donors (Lipinski definition) is 1. The summed E-state index contributed by atoms with van der Waals surface area (Å²) < 4.78 is 11.1. The molecule has 0 aromatic heterocycles. The molecule has 1 N–H and O–H groups in total. The van der Waals surface area contributed by atoms with Crippen LogP contribution in [0.15, 0.2) is 46.9 Å². The normalized spacial score (nSPS) is 13.7. The summed E-state index contributed by atoms with van der Waals surface area (Å²) in [6, 6.07) is 10.0. The van der Waals surface area contributed by atoms with E-state index in [0.29, 0.717) is 27.1 Å². The Labute approximate surface area is 177 Å². The number of aromatic hydroxyl groups is 1. The number of rotatable bonds is 7. The van der Waals surface area contributed by atoms with E-state index in [1.165, 1.54) is 13.2 Å². The first-order chi connectivity index (χ1) is 14.0. The summed E-state index contributed by atoms with van der Waals surface area (Å²) in [4.78, 5) is 26.2. The second-order valence-electron chi connectivity index (χ2n) is 6.65. The van der Waals surface area contributed by atoms with Gasteiger partial charge in [-0.25, -0.2) is 0 Å². The molecule has 0 saturated carbocycles. The summed E-state index contributed by atoms with van der Waals surface area (Å²) in [6.07, 6.45) is 5.19. The lowest BCUT2D eigenvalue weighted by Gasteiger charge is -2.15. The second-order valence-corrected chi connectivity index (χ2v) is 7.51. The van der Waals surface area contributed by atoms with Crippen molar-refractivity contribution in [2.24, 2.45) is 0 Å². The number of ketones is 1. The molecule has 1 heterocycles. The maximum Gasteiger partial charge on any atom is 0.260 e. The van der Waals surface area contributed by atoms with Crippen molar-refractivity contribution < 1.29 is 24.2 Å². The molecular formula is C22H22BrNO5. The van der Waals surface area contributed by atoms with E-state index < -0.39 is 0 Å². The number of methoxy groups -OCH3 is 1. The fourth-order valence-electron chi connectivity index (χ4n) is 3.03. The van der Waals surface area contributed by atoms with Crippen LogP contribution in [0, 0.1) is 0 Å². The Bertz CT molecular complexity index is 918. The van der Waals surface area contributed by atoms with Gasteiger partial charge in [0.2, 0.25) is 0 Å². The molecule has 0 unspecified atom stereocenters. The number of hydrogen-bond acceptors (Lipinski definition) is 5. The topological polar surface area (TPSA) is 76.1 Å². The van der Waals surface area contributed by atoms with Crippen LogP contribution in [0.2, 0.25) is 0 Å². The molecule has 1 saturated heterocycles. The SMILES string of the molecule is COc1cc(/C=C/C(=O)c2ccc(OCC(=O)N3CCCC3)cc2)cc(Br)c1O. The van der Waals surface area contributed by atoms with E-state index in [2.05, 4.69) is 15.9 Å². The molecule has 3 rings (SSSR count). The van der Waals surface area contributed by atoms with Gasteiger partial charge in [-0.3, -0.25) is 9.59 Å². The first kappa shape index (κ1) is 20.9. The molecule has 2 aromatic rings. The van der Waals surface area contributed by atoms with Crippen LogP contribution >= 0.6 is 15.9 Å². The van der Waals surface area contributed by atoms with Crippen LogP contribution in [0.25, 0.3) is 6.08 Å². The predicted molar refractivity (Wildman–Crippen MR) is 113 cm³/mol. The molecule has 1 aliphatic rings. The molecule has 0 radical (unpaired) electrons. The molecule has 29 heavy (non-hydrogen) atoms. The highest BCUT2D eigenvalue weighted by molar-refractivity contribution is 9.10. The van der Waals surface area contributed by atoms with Gasteiger partial charge in [-0.05, 0) is 76.8 Å². The van der Waals surface area contributed by atoms with Gasteiger partial charge in [0.1, 0.15) is 5.75 Å². The van der Waals surface area contributed by atoms with Crippen LogP contribution < -0.4 is 9.47 Å². The van der Waals surface area contributed by atoms with Crippen molar-refractivity contribution in [2.45, 2.75) is 12.8 Å². The second kappa shape index (κ2) is 9.60. The Kier molecular flexibility index (Phi) is 6.93. The van der Waals surface area contributed by atoms with Crippen LogP contribution in [0.5, 0.6) is 17.2 Å². The van der Waals surface area contributed by atoms with Crippen LogP contribution in [-0.2, 0) is 4.79 Å². The molecule has 1 fully saturated rings. The third-order valence-corrected chi connectivity index (χ3v) is 5.26. The lowest BCUT2D eigenvalue weighted by Crippen LogP contribution is -2.32. The largest absolute Gasteiger partial charge is 0.503 e. The van der Waals surface area contributed by atoms with Gasteiger partial charge in [0.25, 0.3) is 5.91 Å². The number of benzene rings is 2. The van der Waals surface area contributed by atoms with Crippen LogP contribution in [0.3, 0.4) is 0 Å². The van der Waals surface area contributed by atoms with Gasteiger partial charge in [-0.1, -0.05) is 6.08 Å². The molecule has 1 aliphatic heterocycles. The smallest absolute Gasteiger partial charge is 0.260 e. The quantitative estimate of drug-likeness (QED) is 0.498. The van der Waals surface area contributed by atoms with Gasteiger partial charge in [-0.2, -0.15) is 0 Å². The van der Waals surface area contributed by atoms with Crippen molar-refractivity contribution in [3.8, 4) is 17.2 Å². The molecule has 0 aliphatic carbocycles. The summed E-state index contributed by atoms with van der Waals surface area (Å²) >= 11 is 3.25. The zero-order valence-corrected chi connectivity index (χ0v) is 17.6. The van der Waals surface area contributed by atoms with E-state index in [9.17, 15) is 14.7 Å². The highest BCUT2D eigenvalue weighted by Crippen LogP contribution is 2.35. The Morgan fingerprint density at radius 3 is 2.52 bits per heavy atom. The van der Waals surface area contributed by atoms with Crippen molar-refractivity contribution in [2.75, 3.05) is 26.8 Å². The number of likely N-dealkylation sites (tertiary alicyclic amines) is 1. The monoisotopic (exact) mass is 459 g/mol. The minimum absolute atomic E-state index is 0.00472. The van der Waals surface area contributed by atoms with Crippen molar-refractivity contribution in [3.63, 3.8) is 0 Å². The van der Waals surface area contributed by atoms with Gasteiger partial charge in [0.15, 0.2) is 23.9 Å². The maximum atomic E-state index is 12.4. The van der Waals surface area contributed by atoms with Crippen molar-refractivity contribution in [3.05, 3.63) is 58.1 Å². The lowest BCUT2D eigenvalue weighted by atomic mass is 10.1. The fraction of sp³-hybridized carbons (Fsp3) is 0.273. The number of carbonyl (C=O) groups is 2. The molecule has 7 heteroatoms. The van der Waals surface area contributed by atoms with E-state index >= 15 is 0 Å². The predicted octanol–water partition coefficient (Wildman–Crippen LogP) is 4.06. The number of halogens is 1. The summed E-state index contributed by atoms with van der Waals surface area (Å²) in [6.45, 7) is 1.60.